The highest BCUT2D eigenvalue weighted by Crippen LogP contribution is 2.33. The van der Waals surface area contributed by atoms with Crippen LogP contribution in [0, 0.1) is 0 Å². The number of Topliss-reactive ketones (excluding diaryl/α,β-unsaturated/α-hetero) is 1. The lowest BCUT2D eigenvalue weighted by atomic mass is 10.0. The van der Waals surface area contributed by atoms with E-state index in [1.807, 2.05) is 18.2 Å². The summed E-state index contributed by atoms with van der Waals surface area (Å²) in [7, 11) is 0. The third-order valence-electron chi connectivity index (χ3n) is 3.72. The summed E-state index contributed by atoms with van der Waals surface area (Å²) in [4.78, 5) is 14.3. The van der Waals surface area contributed by atoms with Gasteiger partial charge in [-0.1, -0.05) is 24.3 Å². The lowest BCUT2D eigenvalue weighted by Gasteiger charge is -2.29. The van der Waals surface area contributed by atoms with E-state index in [1.54, 1.807) is 0 Å². The maximum atomic E-state index is 11.9. The number of carbonyl (C=O) groups is 1. The highest BCUT2D eigenvalue weighted by atomic mass is 16.5. The summed E-state index contributed by atoms with van der Waals surface area (Å²) in [5.41, 5.74) is 2.18. The van der Waals surface area contributed by atoms with E-state index in [0.29, 0.717) is 18.1 Å². The Morgan fingerprint density at radius 3 is 2.82 bits per heavy atom. The minimum atomic E-state index is 0.304. The van der Waals surface area contributed by atoms with Crippen molar-refractivity contribution < 1.29 is 9.53 Å². The molecule has 1 aliphatic heterocycles. The molecule has 1 heterocycles. The first-order valence-corrected chi connectivity index (χ1v) is 6.27. The molecule has 1 saturated heterocycles. The van der Waals surface area contributed by atoms with Gasteiger partial charge in [0.1, 0.15) is 0 Å². The Hall–Kier alpha value is -1.19. The number of rotatable bonds is 2. The molecule has 0 aromatic heterocycles. The number of benzene rings is 1. The minimum absolute atomic E-state index is 0.304. The molecule has 1 aromatic rings. The van der Waals surface area contributed by atoms with Crippen molar-refractivity contribution in [3.8, 4) is 0 Å². The van der Waals surface area contributed by atoms with Gasteiger partial charge in [0, 0.05) is 37.5 Å². The van der Waals surface area contributed by atoms with Crippen LogP contribution in [-0.4, -0.2) is 43.5 Å². The molecule has 0 radical (unpaired) electrons. The molecule has 0 N–H and O–H groups in total. The molecule has 3 nitrogen and oxygen atoms in total. The second kappa shape index (κ2) is 4.59. The van der Waals surface area contributed by atoms with E-state index < -0.39 is 0 Å². The number of fused-ring (bicyclic) bond motifs is 1. The minimum Gasteiger partial charge on any atom is -0.379 e. The van der Waals surface area contributed by atoms with Gasteiger partial charge in [-0.15, -0.1) is 0 Å². The molecule has 3 rings (SSSR count). The largest absolute Gasteiger partial charge is 0.379 e. The number of carbonyl (C=O) groups excluding carboxylic acids is 1. The maximum absolute atomic E-state index is 11.9. The molecule has 3 heteroatoms. The average Bonchev–Trinajstić information content (AvgIpc) is 2.69. The summed E-state index contributed by atoms with van der Waals surface area (Å²) < 4.78 is 5.35. The topological polar surface area (TPSA) is 29.5 Å². The van der Waals surface area contributed by atoms with Gasteiger partial charge < -0.3 is 4.74 Å². The van der Waals surface area contributed by atoms with Crippen molar-refractivity contribution in [2.45, 2.75) is 12.3 Å². The van der Waals surface area contributed by atoms with E-state index in [1.165, 1.54) is 5.56 Å². The predicted molar refractivity (Wildman–Crippen MR) is 65.4 cm³/mol. The number of hydrogen-bond acceptors (Lipinski definition) is 3. The first kappa shape index (κ1) is 10.9. The molecule has 0 saturated carbocycles. The molecule has 1 aliphatic carbocycles. The monoisotopic (exact) mass is 231 g/mol. The lowest BCUT2D eigenvalue weighted by molar-refractivity contribution is 0.0350. The Morgan fingerprint density at radius 2 is 2.00 bits per heavy atom. The first-order valence-electron chi connectivity index (χ1n) is 6.27. The summed E-state index contributed by atoms with van der Waals surface area (Å²) in [5, 5.41) is 0. The SMILES string of the molecule is O=C1C[C@@H](CN2CCOCC2)c2ccccc21. The average molecular weight is 231 g/mol. The third-order valence-corrected chi connectivity index (χ3v) is 3.72. The van der Waals surface area contributed by atoms with Gasteiger partial charge >= 0.3 is 0 Å². The molecule has 2 aliphatic rings. The summed E-state index contributed by atoms with van der Waals surface area (Å²) in [6.45, 7) is 4.62. The Balaban J connectivity index is 1.75. The van der Waals surface area contributed by atoms with Gasteiger partial charge in [-0.25, -0.2) is 0 Å². The molecular weight excluding hydrogens is 214 g/mol. The van der Waals surface area contributed by atoms with Gasteiger partial charge in [0.05, 0.1) is 13.2 Å². The summed E-state index contributed by atoms with van der Waals surface area (Å²) >= 11 is 0. The Bertz CT molecular complexity index is 424. The van der Waals surface area contributed by atoms with E-state index in [2.05, 4.69) is 11.0 Å². The Morgan fingerprint density at radius 1 is 1.24 bits per heavy atom. The highest BCUT2D eigenvalue weighted by Gasteiger charge is 2.30. The number of nitrogens with zero attached hydrogens (tertiary/aromatic N) is 1. The summed E-state index contributed by atoms with van der Waals surface area (Å²) in [6, 6.07) is 8.04. The predicted octanol–water partition coefficient (Wildman–Crippen LogP) is 1.69. The Labute approximate surface area is 101 Å². The van der Waals surface area contributed by atoms with Crippen LogP contribution >= 0.6 is 0 Å². The van der Waals surface area contributed by atoms with Gasteiger partial charge in [0.2, 0.25) is 0 Å². The van der Waals surface area contributed by atoms with Crippen molar-refractivity contribution in [2.24, 2.45) is 0 Å². The Kier molecular flexibility index (Phi) is 2.95. The van der Waals surface area contributed by atoms with Gasteiger partial charge in [0.25, 0.3) is 0 Å². The molecule has 1 fully saturated rings. The molecule has 0 bridgehead atoms. The second-order valence-electron chi connectivity index (χ2n) is 4.82. The van der Waals surface area contributed by atoms with Crippen LogP contribution in [0.4, 0.5) is 0 Å². The summed E-state index contributed by atoms with van der Waals surface area (Å²) in [5.74, 6) is 0.690. The third kappa shape index (κ3) is 2.13. The normalized spacial score (nSPS) is 24.9. The fourth-order valence-corrected chi connectivity index (χ4v) is 2.81. The van der Waals surface area contributed by atoms with Crippen LogP contribution in [0.2, 0.25) is 0 Å². The zero-order valence-electron chi connectivity index (χ0n) is 9.89. The zero-order valence-corrected chi connectivity index (χ0v) is 9.89. The van der Waals surface area contributed by atoms with E-state index in [4.69, 9.17) is 4.74 Å². The second-order valence-corrected chi connectivity index (χ2v) is 4.82. The van der Waals surface area contributed by atoms with Gasteiger partial charge in [-0.3, -0.25) is 9.69 Å². The smallest absolute Gasteiger partial charge is 0.163 e. The van der Waals surface area contributed by atoms with E-state index >= 15 is 0 Å². The van der Waals surface area contributed by atoms with Crippen LogP contribution < -0.4 is 0 Å². The first-order chi connectivity index (χ1) is 8.34. The van der Waals surface area contributed by atoms with E-state index in [-0.39, 0.29) is 0 Å². The number of ketones is 1. The van der Waals surface area contributed by atoms with Crippen molar-refractivity contribution in [1.29, 1.82) is 0 Å². The van der Waals surface area contributed by atoms with Crippen molar-refractivity contribution in [3.05, 3.63) is 35.4 Å². The lowest BCUT2D eigenvalue weighted by Crippen LogP contribution is -2.38. The van der Waals surface area contributed by atoms with E-state index in [9.17, 15) is 4.79 Å². The van der Waals surface area contributed by atoms with Crippen LogP contribution in [0.1, 0.15) is 28.3 Å². The van der Waals surface area contributed by atoms with Crippen LogP contribution in [0.25, 0.3) is 0 Å². The standard InChI is InChI=1S/C14H17NO2/c16-14-9-11(10-15-5-7-17-8-6-15)12-3-1-2-4-13(12)14/h1-4,11H,5-10H2/t11-/m0/s1. The van der Waals surface area contributed by atoms with Crippen LogP contribution in [0.3, 0.4) is 0 Å². The zero-order chi connectivity index (χ0) is 11.7. The molecule has 1 aromatic carbocycles. The van der Waals surface area contributed by atoms with Crippen LogP contribution in [0.15, 0.2) is 24.3 Å². The van der Waals surface area contributed by atoms with Crippen molar-refractivity contribution in [2.75, 3.05) is 32.8 Å². The van der Waals surface area contributed by atoms with Gasteiger partial charge in [-0.05, 0) is 5.56 Å². The highest BCUT2D eigenvalue weighted by molar-refractivity contribution is 6.01. The van der Waals surface area contributed by atoms with Crippen molar-refractivity contribution in [1.82, 2.24) is 4.90 Å². The molecule has 17 heavy (non-hydrogen) atoms. The maximum Gasteiger partial charge on any atom is 0.163 e. The fourth-order valence-electron chi connectivity index (χ4n) is 2.81. The van der Waals surface area contributed by atoms with Crippen LogP contribution in [-0.2, 0) is 4.74 Å². The number of hydrogen-bond donors (Lipinski definition) is 0. The number of morpholine rings is 1. The molecule has 0 amide bonds. The molecule has 0 unspecified atom stereocenters. The fraction of sp³-hybridized carbons (Fsp3) is 0.500. The van der Waals surface area contributed by atoms with Crippen molar-refractivity contribution >= 4 is 5.78 Å². The van der Waals surface area contributed by atoms with E-state index in [0.717, 1.165) is 38.4 Å². The summed E-state index contributed by atoms with van der Waals surface area (Å²) in [6.07, 6.45) is 0.677. The van der Waals surface area contributed by atoms with Crippen molar-refractivity contribution in [3.63, 3.8) is 0 Å². The van der Waals surface area contributed by atoms with Gasteiger partial charge in [-0.2, -0.15) is 0 Å². The number of ether oxygens (including phenoxy) is 1. The molecule has 90 valence electrons. The molecule has 1 atom stereocenters. The van der Waals surface area contributed by atoms with Gasteiger partial charge in [0.15, 0.2) is 5.78 Å². The molecular formula is C14H17NO2. The molecule has 0 spiro atoms. The quantitative estimate of drug-likeness (QED) is 0.775. The van der Waals surface area contributed by atoms with Crippen LogP contribution in [0.5, 0.6) is 0 Å².